The maximum atomic E-state index is 13.4. The fourth-order valence-electron chi connectivity index (χ4n) is 3.02. The molecule has 0 spiro atoms. The molecule has 0 atom stereocenters. The normalized spacial score (nSPS) is 13.4. The van der Waals surface area contributed by atoms with Crippen LogP contribution in [-0.4, -0.2) is 20.4 Å². The Labute approximate surface area is 142 Å². The van der Waals surface area contributed by atoms with Crippen LogP contribution in [0.25, 0.3) is 0 Å². The molecule has 2 aromatic carbocycles. The van der Waals surface area contributed by atoms with E-state index in [1.807, 2.05) is 31.2 Å². The Bertz CT molecular complexity index is 1040. The topological polar surface area (TPSA) is 60.1 Å². The minimum absolute atomic E-state index is 0.0803. The van der Waals surface area contributed by atoms with Crippen LogP contribution in [0.2, 0.25) is 0 Å². The van der Waals surface area contributed by atoms with Gasteiger partial charge in [-0.25, -0.2) is 18.7 Å². The zero-order chi connectivity index (χ0) is 17.6. The molecule has 2 heterocycles. The minimum Gasteiger partial charge on any atom is -0.285 e. The number of carbonyl (C=O) groups is 1. The van der Waals surface area contributed by atoms with Gasteiger partial charge in [0.15, 0.2) is 5.82 Å². The first kappa shape index (κ1) is 15.3. The van der Waals surface area contributed by atoms with Crippen LogP contribution in [0.3, 0.4) is 0 Å². The van der Waals surface area contributed by atoms with E-state index in [4.69, 9.17) is 0 Å². The quantitative estimate of drug-likeness (QED) is 0.737. The summed E-state index contributed by atoms with van der Waals surface area (Å²) in [5, 5.41) is 0. The molecule has 126 valence electrons. The highest BCUT2D eigenvalue weighted by atomic mass is 19.1. The molecular weight excluding hydrogens is 323 g/mol. The lowest BCUT2D eigenvalue weighted by Crippen LogP contribution is -2.34. The molecule has 3 aromatic rings. The van der Waals surface area contributed by atoms with Gasteiger partial charge in [-0.15, -0.1) is 0 Å². The first-order valence-electron chi connectivity index (χ1n) is 7.84. The number of aromatic nitrogens is 3. The third-order valence-corrected chi connectivity index (χ3v) is 4.18. The molecule has 0 saturated carbocycles. The number of fused-ring (bicyclic) bond motifs is 1. The SMILES string of the molecule is Cc1cccc(N2Cc3nc(=O)n(Cc4cccc(F)c4)n3C2=O)c1. The number of rotatable bonds is 3. The lowest BCUT2D eigenvalue weighted by Gasteiger charge is -2.16. The van der Waals surface area contributed by atoms with Crippen molar-refractivity contribution < 1.29 is 9.18 Å². The number of benzene rings is 2. The van der Waals surface area contributed by atoms with Crippen LogP contribution < -0.4 is 10.6 Å². The van der Waals surface area contributed by atoms with E-state index in [1.165, 1.54) is 21.5 Å². The Hall–Kier alpha value is -3.22. The van der Waals surface area contributed by atoms with Gasteiger partial charge in [0.1, 0.15) is 5.82 Å². The van der Waals surface area contributed by atoms with Crippen LogP contribution in [0, 0.1) is 12.7 Å². The molecule has 1 aliphatic rings. The standard InChI is InChI=1S/C18H15FN4O2/c1-12-4-2-7-15(8-12)21-11-16-20-17(24)22(23(16)18(21)25)10-13-5-3-6-14(19)9-13/h2-9H,10-11H2,1H3. The molecule has 6 nitrogen and oxygen atoms in total. The highest BCUT2D eigenvalue weighted by Gasteiger charge is 2.33. The maximum Gasteiger partial charge on any atom is 0.364 e. The number of aryl methyl sites for hydroxylation is 1. The van der Waals surface area contributed by atoms with E-state index in [1.54, 1.807) is 17.0 Å². The zero-order valence-electron chi connectivity index (χ0n) is 13.5. The van der Waals surface area contributed by atoms with Crippen molar-refractivity contribution in [2.24, 2.45) is 0 Å². The summed E-state index contributed by atoms with van der Waals surface area (Å²) in [4.78, 5) is 30.5. The summed E-state index contributed by atoms with van der Waals surface area (Å²) in [6.07, 6.45) is 0. The Kier molecular flexibility index (Phi) is 3.49. The molecule has 7 heteroatoms. The number of amides is 1. The Morgan fingerprint density at radius 3 is 2.68 bits per heavy atom. The van der Waals surface area contributed by atoms with Crippen LogP contribution in [0.5, 0.6) is 0 Å². The van der Waals surface area contributed by atoms with Crippen LogP contribution in [0.15, 0.2) is 53.3 Å². The third-order valence-electron chi connectivity index (χ3n) is 4.18. The van der Waals surface area contributed by atoms with E-state index in [9.17, 15) is 14.0 Å². The fraction of sp³-hybridized carbons (Fsp3) is 0.167. The van der Waals surface area contributed by atoms with E-state index in [0.717, 1.165) is 11.3 Å². The van der Waals surface area contributed by atoms with Gasteiger partial charge in [-0.3, -0.25) is 4.90 Å². The van der Waals surface area contributed by atoms with Gasteiger partial charge in [0, 0.05) is 5.69 Å². The third kappa shape index (κ3) is 2.63. The van der Waals surface area contributed by atoms with E-state index in [2.05, 4.69) is 4.98 Å². The fourth-order valence-corrected chi connectivity index (χ4v) is 3.02. The summed E-state index contributed by atoms with van der Waals surface area (Å²) < 4.78 is 15.9. The number of anilines is 1. The van der Waals surface area contributed by atoms with Crippen molar-refractivity contribution in [3.05, 3.63) is 81.8 Å². The van der Waals surface area contributed by atoms with E-state index in [-0.39, 0.29) is 24.9 Å². The van der Waals surface area contributed by atoms with Crippen LogP contribution in [-0.2, 0) is 13.1 Å². The number of halogens is 1. The van der Waals surface area contributed by atoms with Crippen molar-refractivity contribution >= 4 is 11.7 Å². The second kappa shape index (κ2) is 5.70. The monoisotopic (exact) mass is 338 g/mol. The molecule has 0 unspecified atom stereocenters. The predicted molar refractivity (Wildman–Crippen MR) is 90.1 cm³/mol. The Morgan fingerprint density at radius 1 is 1.12 bits per heavy atom. The molecule has 25 heavy (non-hydrogen) atoms. The molecule has 0 N–H and O–H groups in total. The summed E-state index contributed by atoms with van der Waals surface area (Å²) in [5.74, 6) is -0.00710. The summed E-state index contributed by atoms with van der Waals surface area (Å²) in [7, 11) is 0. The molecule has 1 aliphatic heterocycles. The van der Waals surface area contributed by atoms with Crippen LogP contribution in [0.1, 0.15) is 17.0 Å². The summed E-state index contributed by atoms with van der Waals surface area (Å²) in [5.41, 5.74) is 1.86. The van der Waals surface area contributed by atoms with Gasteiger partial charge in [0.2, 0.25) is 0 Å². The van der Waals surface area contributed by atoms with Gasteiger partial charge in [-0.1, -0.05) is 24.3 Å². The van der Waals surface area contributed by atoms with Gasteiger partial charge in [0.05, 0.1) is 13.1 Å². The smallest absolute Gasteiger partial charge is 0.285 e. The van der Waals surface area contributed by atoms with Crippen molar-refractivity contribution in [3.8, 4) is 0 Å². The average Bonchev–Trinajstić information content (AvgIpc) is 3.04. The highest BCUT2D eigenvalue weighted by Crippen LogP contribution is 2.23. The first-order chi connectivity index (χ1) is 12.0. The summed E-state index contributed by atoms with van der Waals surface area (Å²) in [6, 6.07) is 13.2. The van der Waals surface area contributed by atoms with Gasteiger partial charge in [0.25, 0.3) is 0 Å². The number of hydrogen-bond acceptors (Lipinski definition) is 3. The highest BCUT2D eigenvalue weighted by molar-refractivity contribution is 5.95. The molecule has 0 bridgehead atoms. The van der Waals surface area contributed by atoms with Gasteiger partial charge < -0.3 is 0 Å². The number of hydrogen-bond donors (Lipinski definition) is 0. The molecule has 0 radical (unpaired) electrons. The van der Waals surface area contributed by atoms with Crippen molar-refractivity contribution in [2.45, 2.75) is 20.0 Å². The first-order valence-corrected chi connectivity index (χ1v) is 7.84. The Morgan fingerprint density at radius 2 is 1.92 bits per heavy atom. The van der Waals surface area contributed by atoms with Gasteiger partial charge in [-0.05, 0) is 42.3 Å². The molecule has 0 saturated heterocycles. The molecule has 4 rings (SSSR count). The molecule has 1 aromatic heterocycles. The molecule has 0 fully saturated rings. The van der Waals surface area contributed by atoms with Crippen LogP contribution in [0.4, 0.5) is 14.9 Å². The average molecular weight is 338 g/mol. The Balaban J connectivity index is 1.71. The number of nitrogens with zero attached hydrogens (tertiary/aromatic N) is 4. The largest absolute Gasteiger partial charge is 0.364 e. The maximum absolute atomic E-state index is 13.4. The summed E-state index contributed by atoms with van der Waals surface area (Å²) in [6.45, 7) is 2.26. The zero-order valence-corrected chi connectivity index (χ0v) is 13.5. The molecular formula is C18H15FN4O2. The van der Waals surface area contributed by atoms with Crippen molar-refractivity contribution in [2.75, 3.05) is 4.90 Å². The van der Waals surface area contributed by atoms with Gasteiger partial charge >= 0.3 is 11.7 Å². The lowest BCUT2D eigenvalue weighted by molar-refractivity contribution is 0.244. The van der Waals surface area contributed by atoms with E-state index >= 15 is 0 Å². The summed E-state index contributed by atoms with van der Waals surface area (Å²) >= 11 is 0. The van der Waals surface area contributed by atoms with Crippen molar-refractivity contribution in [3.63, 3.8) is 0 Å². The van der Waals surface area contributed by atoms with E-state index in [0.29, 0.717) is 11.4 Å². The molecule has 0 aliphatic carbocycles. The van der Waals surface area contributed by atoms with Gasteiger partial charge in [-0.2, -0.15) is 9.67 Å². The minimum atomic E-state index is -0.517. The molecule has 1 amide bonds. The second-order valence-corrected chi connectivity index (χ2v) is 6.02. The lowest BCUT2D eigenvalue weighted by atomic mass is 10.2. The van der Waals surface area contributed by atoms with Crippen molar-refractivity contribution in [1.82, 2.24) is 14.3 Å². The second-order valence-electron chi connectivity index (χ2n) is 6.02. The number of carbonyl (C=O) groups excluding carboxylic acids is 1. The van der Waals surface area contributed by atoms with E-state index < -0.39 is 5.69 Å². The predicted octanol–water partition coefficient (Wildman–Crippen LogP) is 2.53. The van der Waals surface area contributed by atoms with Crippen molar-refractivity contribution in [1.29, 1.82) is 0 Å². The van der Waals surface area contributed by atoms with Crippen LogP contribution >= 0.6 is 0 Å².